The minimum Gasteiger partial charge on any atom is -0.326 e. The number of rotatable bonds is 3. The molecule has 0 saturated carbocycles. The maximum atomic E-state index is 13.3. The van der Waals surface area contributed by atoms with Crippen molar-refractivity contribution in [1.82, 2.24) is 20.2 Å². The third kappa shape index (κ3) is 3.14. The smallest absolute Gasteiger partial charge is 0.255 e. The molecule has 0 spiro atoms. The summed E-state index contributed by atoms with van der Waals surface area (Å²) in [6.45, 7) is 5.84. The topological polar surface area (TPSA) is 84.7 Å². The summed E-state index contributed by atoms with van der Waals surface area (Å²) >= 11 is 6.20. The van der Waals surface area contributed by atoms with Crippen molar-refractivity contribution in [1.29, 1.82) is 0 Å². The SMILES string of the molecule is CC1=C(C(=O)Nc2cccc(C)c2C)C(c2cccc(Cl)c2)n2nnnc2N1. The zero-order valence-electron chi connectivity index (χ0n) is 15.7. The second kappa shape index (κ2) is 7.09. The fraction of sp³-hybridized carbons (Fsp3) is 0.200. The number of hydrogen-bond donors (Lipinski definition) is 2. The van der Waals surface area contributed by atoms with Crippen molar-refractivity contribution in [2.45, 2.75) is 26.8 Å². The second-order valence-corrected chi connectivity index (χ2v) is 7.21. The summed E-state index contributed by atoms with van der Waals surface area (Å²) in [7, 11) is 0. The molecule has 3 aromatic rings. The predicted octanol–water partition coefficient (Wildman–Crippen LogP) is 3.87. The molecular weight excluding hydrogens is 376 g/mol. The fourth-order valence-electron chi connectivity index (χ4n) is 3.37. The molecule has 0 saturated heterocycles. The number of aromatic nitrogens is 4. The zero-order chi connectivity index (χ0) is 19.8. The van der Waals surface area contributed by atoms with Crippen LogP contribution >= 0.6 is 11.6 Å². The molecule has 4 rings (SSSR count). The molecule has 0 bridgehead atoms. The molecule has 1 aromatic heterocycles. The Morgan fingerprint density at radius 2 is 1.96 bits per heavy atom. The molecule has 2 N–H and O–H groups in total. The normalized spacial score (nSPS) is 15.8. The molecule has 0 radical (unpaired) electrons. The van der Waals surface area contributed by atoms with Crippen LogP contribution in [-0.4, -0.2) is 26.1 Å². The van der Waals surface area contributed by atoms with E-state index >= 15 is 0 Å². The summed E-state index contributed by atoms with van der Waals surface area (Å²) in [5.41, 5.74) is 4.96. The summed E-state index contributed by atoms with van der Waals surface area (Å²) in [6.07, 6.45) is 0. The van der Waals surface area contributed by atoms with Crippen molar-refractivity contribution in [2.24, 2.45) is 0 Å². The van der Waals surface area contributed by atoms with Crippen LogP contribution in [0, 0.1) is 13.8 Å². The highest BCUT2D eigenvalue weighted by Crippen LogP contribution is 2.35. The van der Waals surface area contributed by atoms with Gasteiger partial charge in [-0.3, -0.25) is 4.79 Å². The summed E-state index contributed by atoms with van der Waals surface area (Å²) in [4.78, 5) is 13.3. The lowest BCUT2D eigenvalue weighted by Gasteiger charge is -2.28. The number of anilines is 2. The van der Waals surface area contributed by atoms with E-state index in [1.54, 1.807) is 10.7 Å². The number of hydrogen-bond acceptors (Lipinski definition) is 5. The monoisotopic (exact) mass is 394 g/mol. The van der Waals surface area contributed by atoms with E-state index in [-0.39, 0.29) is 5.91 Å². The van der Waals surface area contributed by atoms with E-state index in [2.05, 4.69) is 26.2 Å². The summed E-state index contributed by atoms with van der Waals surface area (Å²) < 4.78 is 1.59. The third-order valence-electron chi connectivity index (χ3n) is 4.98. The summed E-state index contributed by atoms with van der Waals surface area (Å²) in [5.74, 6) is 0.260. The molecule has 1 aliphatic heterocycles. The Labute approximate surface area is 167 Å². The van der Waals surface area contributed by atoms with Gasteiger partial charge in [0.05, 0.1) is 5.57 Å². The number of carbonyl (C=O) groups is 1. The number of aryl methyl sites for hydroxylation is 1. The Morgan fingerprint density at radius 3 is 2.75 bits per heavy atom. The quantitative estimate of drug-likeness (QED) is 0.704. The van der Waals surface area contributed by atoms with Gasteiger partial charge in [0.25, 0.3) is 5.91 Å². The molecule has 2 aromatic carbocycles. The lowest BCUT2D eigenvalue weighted by Crippen LogP contribution is -2.31. The molecule has 1 unspecified atom stereocenters. The number of fused-ring (bicyclic) bond motifs is 1. The van der Waals surface area contributed by atoms with Crippen molar-refractivity contribution in [3.05, 3.63) is 75.4 Å². The minimum absolute atomic E-state index is 0.218. The number of tetrazole rings is 1. The highest BCUT2D eigenvalue weighted by Gasteiger charge is 2.34. The first-order chi connectivity index (χ1) is 13.5. The van der Waals surface area contributed by atoms with E-state index in [0.29, 0.717) is 22.2 Å². The summed E-state index contributed by atoms with van der Waals surface area (Å²) in [5, 5.41) is 18.6. The number of carbonyl (C=O) groups excluding carboxylic acids is 1. The van der Waals surface area contributed by atoms with Crippen LogP contribution in [0.4, 0.5) is 11.6 Å². The zero-order valence-corrected chi connectivity index (χ0v) is 16.4. The number of benzene rings is 2. The van der Waals surface area contributed by atoms with Crippen molar-refractivity contribution >= 4 is 29.1 Å². The molecule has 1 amide bonds. The van der Waals surface area contributed by atoms with Gasteiger partial charge in [-0.1, -0.05) is 41.0 Å². The fourth-order valence-corrected chi connectivity index (χ4v) is 3.57. The molecule has 2 heterocycles. The number of amides is 1. The number of halogens is 1. The van der Waals surface area contributed by atoms with Crippen molar-refractivity contribution in [2.75, 3.05) is 10.6 Å². The minimum atomic E-state index is -0.491. The van der Waals surface area contributed by atoms with E-state index in [1.165, 1.54) is 0 Å². The summed E-state index contributed by atoms with van der Waals surface area (Å²) in [6, 6.07) is 12.7. The predicted molar refractivity (Wildman–Crippen MR) is 108 cm³/mol. The van der Waals surface area contributed by atoms with Crippen LogP contribution < -0.4 is 10.6 Å². The molecule has 7 nitrogen and oxygen atoms in total. The largest absolute Gasteiger partial charge is 0.326 e. The van der Waals surface area contributed by atoms with E-state index in [9.17, 15) is 4.79 Å². The van der Waals surface area contributed by atoms with Crippen molar-refractivity contribution in [3.8, 4) is 0 Å². The van der Waals surface area contributed by atoms with Crippen molar-refractivity contribution in [3.63, 3.8) is 0 Å². The Balaban J connectivity index is 1.78. The first kappa shape index (κ1) is 18.2. The van der Waals surface area contributed by atoms with E-state index < -0.39 is 6.04 Å². The first-order valence-electron chi connectivity index (χ1n) is 8.84. The first-order valence-corrected chi connectivity index (χ1v) is 9.22. The van der Waals surface area contributed by atoms with Crippen LogP contribution in [0.3, 0.4) is 0 Å². The number of nitrogens with one attached hydrogen (secondary N) is 2. The highest BCUT2D eigenvalue weighted by atomic mass is 35.5. The lowest BCUT2D eigenvalue weighted by molar-refractivity contribution is -0.113. The van der Waals surface area contributed by atoms with Gasteiger partial charge < -0.3 is 10.6 Å². The molecule has 28 heavy (non-hydrogen) atoms. The van der Waals surface area contributed by atoms with Gasteiger partial charge in [-0.2, -0.15) is 4.68 Å². The van der Waals surface area contributed by atoms with Crippen LogP contribution in [0.25, 0.3) is 0 Å². The Bertz CT molecular complexity index is 1100. The van der Waals surface area contributed by atoms with Gasteiger partial charge >= 0.3 is 0 Å². The van der Waals surface area contributed by atoms with Gasteiger partial charge in [-0.05, 0) is 66.1 Å². The van der Waals surface area contributed by atoms with Crippen LogP contribution in [-0.2, 0) is 4.79 Å². The Kier molecular flexibility index (Phi) is 4.60. The van der Waals surface area contributed by atoms with Gasteiger partial charge in [-0.25, -0.2) is 0 Å². The van der Waals surface area contributed by atoms with E-state index in [4.69, 9.17) is 11.6 Å². The van der Waals surface area contributed by atoms with Gasteiger partial charge in [0, 0.05) is 16.4 Å². The maximum Gasteiger partial charge on any atom is 0.255 e. The molecule has 1 aliphatic rings. The second-order valence-electron chi connectivity index (χ2n) is 6.77. The van der Waals surface area contributed by atoms with E-state index in [1.807, 2.05) is 57.2 Å². The van der Waals surface area contributed by atoms with E-state index in [0.717, 1.165) is 22.4 Å². The van der Waals surface area contributed by atoms with Crippen LogP contribution in [0.15, 0.2) is 53.7 Å². The van der Waals surface area contributed by atoms with Crippen LogP contribution in [0.5, 0.6) is 0 Å². The molecule has 0 aliphatic carbocycles. The Hall–Kier alpha value is -3.19. The number of nitrogens with zero attached hydrogens (tertiary/aromatic N) is 4. The van der Waals surface area contributed by atoms with Crippen LogP contribution in [0.1, 0.15) is 29.7 Å². The van der Waals surface area contributed by atoms with Gasteiger partial charge in [0.1, 0.15) is 6.04 Å². The average Bonchev–Trinajstić information content (AvgIpc) is 3.12. The van der Waals surface area contributed by atoms with Crippen molar-refractivity contribution < 1.29 is 4.79 Å². The third-order valence-corrected chi connectivity index (χ3v) is 5.21. The molecular formula is C20H19ClN6O. The van der Waals surface area contributed by atoms with Gasteiger partial charge in [-0.15, -0.1) is 0 Å². The lowest BCUT2D eigenvalue weighted by atomic mass is 9.95. The molecule has 8 heteroatoms. The average molecular weight is 395 g/mol. The van der Waals surface area contributed by atoms with Gasteiger partial charge in [0.2, 0.25) is 5.95 Å². The number of allylic oxidation sites excluding steroid dienone is 1. The standard InChI is InChI=1S/C20H19ClN6O/c1-11-6-4-9-16(12(11)2)23-19(28)17-13(3)22-20-24-25-26-27(20)18(17)14-7-5-8-15(21)10-14/h4-10,18H,1-3H3,(H,23,28)(H,22,24,26). The molecule has 0 fully saturated rings. The molecule has 1 atom stereocenters. The Morgan fingerprint density at radius 1 is 1.18 bits per heavy atom. The maximum absolute atomic E-state index is 13.3. The molecule has 142 valence electrons. The van der Waals surface area contributed by atoms with Gasteiger partial charge in [0.15, 0.2) is 0 Å². The van der Waals surface area contributed by atoms with Crippen LogP contribution in [0.2, 0.25) is 5.02 Å². The highest BCUT2D eigenvalue weighted by molar-refractivity contribution is 6.30.